The Kier molecular flexibility index (Phi) is 7.26. The van der Waals surface area contributed by atoms with Crippen molar-refractivity contribution >= 4 is 80.1 Å². The zero-order chi connectivity index (χ0) is 33.7. The van der Waals surface area contributed by atoms with Crippen LogP contribution in [0.2, 0.25) is 0 Å². The normalized spacial score (nSPS) is 11.5. The lowest BCUT2D eigenvalue weighted by Crippen LogP contribution is -2.11. The first kappa shape index (κ1) is 29.9. The summed E-state index contributed by atoms with van der Waals surface area (Å²) >= 11 is 3.82. The highest BCUT2D eigenvalue weighted by Gasteiger charge is 2.21. The molecule has 0 N–H and O–H groups in total. The van der Waals surface area contributed by atoms with Crippen molar-refractivity contribution in [2.45, 2.75) is 0 Å². The van der Waals surface area contributed by atoms with Crippen molar-refractivity contribution in [1.82, 2.24) is 0 Å². The molecule has 1 nitrogen and oxygen atoms in total. The molecule has 51 heavy (non-hydrogen) atoms. The molecule has 0 amide bonds. The van der Waals surface area contributed by atoms with Gasteiger partial charge in [0.15, 0.2) is 0 Å². The molecule has 0 spiro atoms. The maximum Gasteiger partial charge on any atom is 0.0540 e. The van der Waals surface area contributed by atoms with Crippen molar-refractivity contribution in [3.8, 4) is 33.4 Å². The Morgan fingerprint density at radius 1 is 0.314 bits per heavy atom. The number of hydrogen-bond acceptors (Lipinski definition) is 3. The van der Waals surface area contributed by atoms with Crippen molar-refractivity contribution in [2.24, 2.45) is 0 Å². The molecule has 0 radical (unpaired) electrons. The summed E-state index contributed by atoms with van der Waals surface area (Å²) in [4.78, 5) is 2.41. The monoisotopic (exact) mass is 685 g/mol. The zero-order valence-corrected chi connectivity index (χ0v) is 29.3. The third-order valence-electron chi connectivity index (χ3n) is 9.91. The Morgan fingerprint density at radius 3 is 1.53 bits per heavy atom. The minimum Gasteiger partial charge on any atom is -0.310 e. The zero-order valence-electron chi connectivity index (χ0n) is 27.7. The van der Waals surface area contributed by atoms with Crippen LogP contribution in [-0.4, -0.2) is 0 Å². The fourth-order valence-electron chi connectivity index (χ4n) is 7.47. The molecule has 0 aliphatic heterocycles. The van der Waals surface area contributed by atoms with Crippen LogP contribution >= 0.6 is 22.7 Å². The molecule has 2 aromatic heterocycles. The van der Waals surface area contributed by atoms with Crippen LogP contribution in [0.15, 0.2) is 188 Å². The number of nitrogens with zero attached hydrogens (tertiary/aromatic N) is 1. The molecule has 10 rings (SSSR count). The van der Waals surface area contributed by atoms with Crippen LogP contribution in [-0.2, 0) is 0 Å². The predicted octanol–water partition coefficient (Wildman–Crippen LogP) is 14.9. The Labute approximate surface area is 304 Å². The first-order valence-corrected chi connectivity index (χ1v) is 18.9. The lowest BCUT2D eigenvalue weighted by atomic mass is 9.98. The summed E-state index contributed by atoms with van der Waals surface area (Å²) in [5.41, 5.74) is 10.7. The average molecular weight is 686 g/mol. The van der Waals surface area contributed by atoms with Gasteiger partial charge in [-0.3, -0.25) is 0 Å². The van der Waals surface area contributed by atoms with Crippen LogP contribution in [0.5, 0.6) is 0 Å². The SMILES string of the molecule is c1ccc(-c2ccc(N(c3ccc(-c4ccccc4)cc3)c3ccccc3-c3cccc4c3sc3c4ccc4sc5ccccc5c43)cc2)cc1. The Balaban J connectivity index is 1.17. The third-order valence-corrected chi connectivity index (χ3v) is 12.3. The standard InChI is InChI=1S/C48H31NS2/c1-3-12-32(13-4-1)34-22-26-36(27-23-34)49(37-28-24-35(25-29-37)33-14-5-2-6-15-33)43-20-9-7-16-38(43)39-18-11-19-40-41-30-31-45-46(48(41)51-47(39)40)42-17-8-10-21-44(42)50-45/h1-31H. The fraction of sp³-hybridized carbons (Fsp3) is 0. The first-order valence-electron chi connectivity index (χ1n) is 17.3. The summed E-state index contributed by atoms with van der Waals surface area (Å²) in [5, 5.41) is 5.37. The van der Waals surface area contributed by atoms with E-state index in [1.807, 2.05) is 22.7 Å². The number of fused-ring (bicyclic) bond motifs is 7. The van der Waals surface area contributed by atoms with E-state index in [-0.39, 0.29) is 0 Å². The van der Waals surface area contributed by atoms with Crippen LogP contribution in [0.3, 0.4) is 0 Å². The second-order valence-electron chi connectivity index (χ2n) is 12.9. The molecule has 0 bridgehead atoms. The van der Waals surface area contributed by atoms with E-state index in [9.17, 15) is 0 Å². The van der Waals surface area contributed by atoms with E-state index in [1.54, 1.807) is 0 Å². The number of hydrogen-bond donors (Lipinski definition) is 0. The molecule has 0 unspecified atom stereocenters. The van der Waals surface area contributed by atoms with Crippen LogP contribution in [0.25, 0.3) is 73.7 Å². The van der Waals surface area contributed by atoms with Crippen molar-refractivity contribution < 1.29 is 0 Å². The van der Waals surface area contributed by atoms with E-state index in [0.717, 1.165) is 17.1 Å². The first-order chi connectivity index (χ1) is 25.3. The van der Waals surface area contributed by atoms with Crippen molar-refractivity contribution in [1.29, 1.82) is 0 Å². The smallest absolute Gasteiger partial charge is 0.0540 e. The topological polar surface area (TPSA) is 3.24 Å². The molecule has 2 heterocycles. The molecule has 10 aromatic rings. The van der Waals surface area contributed by atoms with E-state index in [2.05, 4.69) is 193 Å². The number of para-hydroxylation sites is 1. The molecule has 240 valence electrons. The lowest BCUT2D eigenvalue weighted by molar-refractivity contribution is 1.28. The summed E-state index contributed by atoms with van der Waals surface area (Å²) < 4.78 is 5.38. The highest BCUT2D eigenvalue weighted by molar-refractivity contribution is 7.30. The van der Waals surface area contributed by atoms with Gasteiger partial charge in [-0.25, -0.2) is 0 Å². The fourth-order valence-corrected chi connectivity index (χ4v) is 10.0. The van der Waals surface area contributed by atoms with Gasteiger partial charge in [-0.15, -0.1) is 22.7 Å². The van der Waals surface area contributed by atoms with Crippen LogP contribution in [0.4, 0.5) is 17.1 Å². The molecule has 0 aliphatic carbocycles. The summed E-state index contributed by atoms with van der Waals surface area (Å²) in [6, 6.07) is 68.3. The largest absolute Gasteiger partial charge is 0.310 e. The van der Waals surface area contributed by atoms with Crippen molar-refractivity contribution in [3.05, 3.63) is 188 Å². The number of benzene rings is 8. The summed E-state index contributed by atoms with van der Waals surface area (Å²) in [6.07, 6.45) is 0. The number of rotatable bonds is 6. The van der Waals surface area contributed by atoms with Gasteiger partial charge in [-0.2, -0.15) is 0 Å². The Bertz CT molecular complexity index is 2750. The van der Waals surface area contributed by atoms with E-state index in [0.29, 0.717) is 0 Å². The lowest BCUT2D eigenvalue weighted by Gasteiger charge is -2.28. The van der Waals surface area contributed by atoms with Gasteiger partial charge < -0.3 is 4.90 Å². The van der Waals surface area contributed by atoms with E-state index < -0.39 is 0 Å². The number of thiophene rings is 2. The van der Waals surface area contributed by atoms with Crippen LogP contribution in [0.1, 0.15) is 0 Å². The third kappa shape index (κ3) is 5.13. The van der Waals surface area contributed by atoms with Gasteiger partial charge in [0.25, 0.3) is 0 Å². The molecule has 0 aliphatic rings. The van der Waals surface area contributed by atoms with E-state index >= 15 is 0 Å². The molecular weight excluding hydrogens is 655 g/mol. The quantitative estimate of drug-likeness (QED) is 0.168. The maximum atomic E-state index is 2.41. The molecule has 0 atom stereocenters. The molecular formula is C48H31NS2. The summed E-state index contributed by atoms with van der Waals surface area (Å²) in [6.45, 7) is 0. The highest BCUT2D eigenvalue weighted by Crippen LogP contribution is 2.49. The average Bonchev–Trinajstić information content (AvgIpc) is 3.78. The Morgan fingerprint density at radius 2 is 0.843 bits per heavy atom. The number of anilines is 3. The second-order valence-corrected chi connectivity index (χ2v) is 15.0. The highest BCUT2D eigenvalue weighted by atomic mass is 32.1. The molecule has 0 fully saturated rings. The molecule has 0 saturated carbocycles. The maximum absolute atomic E-state index is 2.41. The minimum atomic E-state index is 1.12. The van der Waals surface area contributed by atoms with Gasteiger partial charge in [0.2, 0.25) is 0 Å². The van der Waals surface area contributed by atoms with E-state index in [1.165, 1.54) is 73.7 Å². The van der Waals surface area contributed by atoms with Crippen molar-refractivity contribution in [3.63, 3.8) is 0 Å². The van der Waals surface area contributed by atoms with Crippen LogP contribution < -0.4 is 4.90 Å². The van der Waals surface area contributed by atoms with Gasteiger partial charge in [-0.05, 0) is 64.7 Å². The molecule has 8 aromatic carbocycles. The van der Waals surface area contributed by atoms with Gasteiger partial charge in [0.05, 0.1) is 5.69 Å². The van der Waals surface area contributed by atoms with Crippen LogP contribution in [0, 0.1) is 0 Å². The Hall–Kier alpha value is -6.00. The summed E-state index contributed by atoms with van der Waals surface area (Å²) in [5.74, 6) is 0. The molecule has 3 heteroatoms. The van der Waals surface area contributed by atoms with Gasteiger partial charge in [0.1, 0.15) is 0 Å². The summed E-state index contributed by atoms with van der Waals surface area (Å²) in [7, 11) is 0. The van der Waals surface area contributed by atoms with Gasteiger partial charge in [0, 0.05) is 62.8 Å². The second kappa shape index (κ2) is 12.4. The predicted molar refractivity (Wildman–Crippen MR) is 223 cm³/mol. The minimum absolute atomic E-state index is 1.12. The van der Waals surface area contributed by atoms with Crippen molar-refractivity contribution in [2.75, 3.05) is 4.90 Å². The van der Waals surface area contributed by atoms with Gasteiger partial charge in [-0.1, -0.05) is 146 Å². The molecule has 0 saturated heterocycles. The van der Waals surface area contributed by atoms with Gasteiger partial charge >= 0.3 is 0 Å². The van der Waals surface area contributed by atoms with E-state index in [4.69, 9.17) is 0 Å².